The molecule has 1 aliphatic heterocycles. The van der Waals surface area contributed by atoms with Gasteiger partial charge in [0.25, 0.3) is 0 Å². The summed E-state index contributed by atoms with van der Waals surface area (Å²) in [5, 5.41) is 6.81. The van der Waals surface area contributed by atoms with E-state index in [1.54, 1.807) is 0 Å². The SMILES string of the molecule is CN=C(NCCCC(C)C)NCCN1CCCN(C)CC1. The Balaban J connectivity index is 2.11. The van der Waals surface area contributed by atoms with Crippen molar-refractivity contribution in [2.45, 2.75) is 33.1 Å². The fraction of sp³-hybridized carbons (Fsp3) is 0.938. The van der Waals surface area contributed by atoms with E-state index in [4.69, 9.17) is 0 Å². The van der Waals surface area contributed by atoms with E-state index in [0.29, 0.717) is 0 Å². The molecule has 0 aromatic heterocycles. The summed E-state index contributed by atoms with van der Waals surface area (Å²) in [4.78, 5) is 9.25. The quantitative estimate of drug-likeness (QED) is 0.421. The van der Waals surface area contributed by atoms with Crippen LogP contribution in [-0.2, 0) is 0 Å². The van der Waals surface area contributed by atoms with E-state index in [9.17, 15) is 0 Å². The third-order valence-corrected chi connectivity index (χ3v) is 4.01. The van der Waals surface area contributed by atoms with Crippen LogP contribution in [0.5, 0.6) is 0 Å². The summed E-state index contributed by atoms with van der Waals surface area (Å²) in [5.41, 5.74) is 0. The van der Waals surface area contributed by atoms with E-state index in [0.717, 1.165) is 31.5 Å². The van der Waals surface area contributed by atoms with E-state index in [2.05, 4.69) is 46.3 Å². The fourth-order valence-corrected chi connectivity index (χ4v) is 2.59. The number of hydrogen-bond acceptors (Lipinski definition) is 3. The van der Waals surface area contributed by atoms with Crippen LogP contribution in [0.2, 0.25) is 0 Å². The molecular weight excluding hydrogens is 262 g/mol. The van der Waals surface area contributed by atoms with E-state index < -0.39 is 0 Å². The van der Waals surface area contributed by atoms with Gasteiger partial charge in [0, 0.05) is 39.8 Å². The van der Waals surface area contributed by atoms with Crippen molar-refractivity contribution in [3.63, 3.8) is 0 Å². The van der Waals surface area contributed by atoms with E-state index >= 15 is 0 Å². The van der Waals surface area contributed by atoms with Gasteiger partial charge in [-0.05, 0) is 45.3 Å². The van der Waals surface area contributed by atoms with Gasteiger partial charge in [0.05, 0.1) is 0 Å². The third kappa shape index (κ3) is 8.94. The van der Waals surface area contributed by atoms with E-state index in [-0.39, 0.29) is 0 Å². The summed E-state index contributed by atoms with van der Waals surface area (Å²) < 4.78 is 0. The first-order valence-corrected chi connectivity index (χ1v) is 8.47. The second-order valence-electron chi connectivity index (χ2n) is 6.46. The summed E-state index contributed by atoms with van der Waals surface area (Å²) in [5.74, 6) is 1.72. The lowest BCUT2D eigenvalue weighted by atomic mass is 10.1. The zero-order chi connectivity index (χ0) is 15.5. The van der Waals surface area contributed by atoms with Crippen molar-refractivity contribution in [2.75, 3.05) is 59.9 Å². The lowest BCUT2D eigenvalue weighted by Gasteiger charge is -2.21. The van der Waals surface area contributed by atoms with Crippen LogP contribution in [0.3, 0.4) is 0 Å². The molecule has 5 heteroatoms. The van der Waals surface area contributed by atoms with Crippen LogP contribution in [0.15, 0.2) is 4.99 Å². The van der Waals surface area contributed by atoms with Crippen LogP contribution >= 0.6 is 0 Å². The number of aliphatic imine (C=N–C) groups is 1. The average molecular weight is 297 g/mol. The smallest absolute Gasteiger partial charge is 0.191 e. The van der Waals surface area contributed by atoms with Crippen molar-refractivity contribution in [2.24, 2.45) is 10.9 Å². The maximum atomic E-state index is 4.29. The Bertz CT molecular complexity index is 290. The molecule has 1 fully saturated rings. The van der Waals surface area contributed by atoms with Crippen LogP contribution in [0.4, 0.5) is 0 Å². The molecule has 1 saturated heterocycles. The molecule has 1 rings (SSSR count). The second-order valence-corrected chi connectivity index (χ2v) is 6.46. The fourth-order valence-electron chi connectivity index (χ4n) is 2.59. The van der Waals surface area contributed by atoms with Gasteiger partial charge in [-0.15, -0.1) is 0 Å². The van der Waals surface area contributed by atoms with Crippen LogP contribution in [-0.4, -0.2) is 75.7 Å². The van der Waals surface area contributed by atoms with Gasteiger partial charge in [0.1, 0.15) is 0 Å². The van der Waals surface area contributed by atoms with Crippen LogP contribution < -0.4 is 10.6 Å². The predicted octanol–water partition coefficient (Wildman–Crippen LogP) is 1.23. The number of rotatable bonds is 7. The third-order valence-electron chi connectivity index (χ3n) is 4.01. The molecule has 0 aromatic rings. The molecule has 0 amide bonds. The molecule has 0 atom stereocenters. The Labute approximate surface area is 131 Å². The van der Waals surface area contributed by atoms with Crippen LogP contribution in [0, 0.1) is 5.92 Å². The Kier molecular flexibility index (Phi) is 9.42. The highest BCUT2D eigenvalue weighted by Crippen LogP contribution is 2.01. The molecule has 0 unspecified atom stereocenters. The summed E-state index contributed by atoms with van der Waals surface area (Å²) in [7, 11) is 4.06. The maximum absolute atomic E-state index is 4.29. The van der Waals surface area contributed by atoms with Crippen molar-refractivity contribution in [1.29, 1.82) is 0 Å². The number of nitrogens with zero attached hydrogens (tertiary/aromatic N) is 3. The minimum atomic E-state index is 0.781. The zero-order valence-electron chi connectivity index (χ0n) is 14.5. The first-order valence-electron chi connectivity index (χ1n) is 8.47. The number of hydrogen-bond donors (Lipinski definition) is 2. The normalized spacial score (nSPS) is 18.8. The van der Waals surface area contributed by atoms with Gasteiger partial charge in [-0.3, -0.25) is 4.99 Å². The van der Waals surface area contributed by atoms with Gasteiger partial charge in [0.2, 0.25) is 0 Å². The van der Waals surface area contributed by atoms with Gasteiger partial charge in [-0.2, -0.15) is 0 Å². The first kappa shape index (κ1) is 18.2. The molecule has 0 radical (unpaired) electrons. The minimum Gasteiger partial charge on any atom is -0.356 e. The average Bonchev–Trinajstić information content (AvgIpc) is 2.66. The number of nitrogens with one attached hydrogen (secondary N) is 2. The lowest BCUT2D eigenvalue weighted by molar-refractivity contribution is 0.280. The molecular formula is C16H35N5. The van der Waals surface area contributed by atoms with Crippen molar-refractivity contribution in [1.82, 2.24) is 20.4 Å². The van der Waals surface area contributed by atoms with Gasteiger partial charge < -0.3 is 20.4 Å². The molecule has 0 aliphatic carbocycles. The van der Waals surface area contributed by atoms with E-state index in [1.807, 2.05) is 7.05 Å². The van der Waals surface area contributed by atoms with Gasteiger partial charge in [-0.25, -0.2) is 0 Å². The highest BCUT2D eigenvalue weighted by molar-refractivity contribution is 5.79. The molecule has 1 aliphatic rings. The highest BCUT2D eigenvalue weighted by atomic mass is 15.2. The largest absolute Gasteiger partial charge is 0.356 e. The van der Waals surface area contributed by atoms with Gasteiger partial charge in [-0.1, -0.05) is 13.8 Å². The summed E-state index contributed by atoms with van der Waals surface area (Å²) in [6.45, 7) is 12.4. The Morgan fingerprint density at radius 2 is 1.86 bits per heavy atom. The summed E-state index contributed by atoms with van der Waals surface area (Å²) in [6, 6.07) is 0. The predicted molar refractivity (Wildman–Crippen MR) is 92.0 cm³/mol. The first-order chi connectivity index (χ1) is 10.1. The standard InChI is InChI=1S/C16H35N5/c1-15(2)7-5-8-18-16(17-3)19-9-12-21-11-6-10-20(4)13-14-21/h15H,5-14H2,1-4H3,(H2,17,18,19). The van der Waals surface area contributed by atoms with E-state index in [1.165, 1.54) is 45.4 Å². The van der Waals surface area contributed by atoms with Crippen LogP contribution in [0.1, 0.15) is 33.1 Å². The van der Waals surface area contributed by atoms with Crippen molar-refractivity contribution >= 4 is 5.96 Å². The Morgan fingerprint density at radius 1 is 1.10 bits per heavy atom. The Hall–Kier alpha value is -0.810. The van der Waals surface area contributed by atoms with Gasteiger partial charge >= 0.3 is 0 Å². The summed E-state index contributed by atoms with van der Waals surface area (Å²) in [6.07, 6.45) is 3.75. The molecule has 5 nitrogen and oxygen atoms in total. The lowest BCUT2D eigenvalue weighted by Crippen LogP contribution is -2.42. The van der Waals surface area contributed by atoms with Crippen molar-refractivity contribution in [3.8, 4) is 0 Å². The van der Waals surface area contributed by atoms with Crippen LogP contribution in [0.25, 0.3) is 0 Å². The topological polar surface area (TPSA) is 42.9 Å². The molecule has 0 bridgehead atoms. The maximum Gasteiger partial charge on any atom is 0.191 e. The second kappa shape index (κ2) is 10.9. The molecule has 0 spiro atoms. The number of guanidine groups is 1. The van der Waals surface area contributed by atoms with Crippen molar-refractivity contribution in [3.05, 3.63) is 0 Å². The summed E-state index contributed by atoms with van der Waals surface area (Å²) >= 11 is 0. The number of likely N-dealkylation sites (N-methyl/N-ethyl adjacent to an activating group) is 1. The molecule has 21 heavy (non-hydrogen) atoms. The molecule has 2 N–H and O–H groups in total. The molecule has 124 valence electrons. The monoisotopic (exact) mass is 297 g/mol. The molecule has 1 heterocycles. The Morgan fingerprint density at radius 3 is 2.57 bits per heavy atom. The molecule has 0 saturated carbocycles. The molecule has 0 aromatic carbocycles. The van der Waals surface area contributed by atoms with Gasteiger partial charge in [0.15, 0.2) is 5.96 Å². The minimum absolute atomic E-state index is 0.781. The zero-order valence-corrected chi connectivity index (χ0v) is 14.5. The van der Waals surface area contributed by atoms with Crippen molar-refractivity contribution < 1.29 is 0 Å². The highest BCUT2D eigenvalue weighted by Gasteiger charge is 2.11.